The van der Waals surface area contributed by atoms with Gasteiger partial charge in [0.25, 0.3) is 0 Å². The molecule has 0 fully saturated rings. The third-order valence-electron chi connectivity index (χ3n) is 0.555. The number of carboxylic acid groups (broad SMARTS) is 4. The summed E-state index contributed by atoms with van der Waals surface area (Å²) in [6.07, 6.45) is 0. The molecule has 0 unspecified atom stereocenters. The first kappa shape index (κ1) is 18.8. The van der Waals surface area contributed by atoms with Crippen LogP contribution in [0.4, 0.5) is 0 Å². The van der Waals surface area contributed by atoms with Crippen molar-refractivity contribution >= 4 is 29.7 Å². The van der Waals surface area contributed by atoms with Gasteiger partial charge in [-0.15, -0.1) is 0 Å². The molecule has 0 aliphatic heterocycles. The molecule has 0 aliphatic rings. The van der Waals surface area contributed by atoms with Crippen molar-refractivity contribution in [1.29, 1.82) is 0 Å². The predicted molar refractivity (Wildman–Crippen MR) is 30.3 cm³/mol. The molecular weight excluding hydrogens is 263 g/mol. The van der Waals surface area contributed by atoms with E-state index in [1.165, 1.54) is 0 Å². The number of rotatable bonds is 2. The van der Waals surface area contributed by atoms with Gasteiger partial charge in [-0.25, -0.2) is 9.59 Å². The van der Waals surface area contributed by atoms with Gasteiger partial charge in [0.2, 0.25) is 0 Å². The van der Waals surface area contributed by atoms with Crippen molar-refractivity contribution in [2.75, 3.05) is 0 Å². The maximum absolute atomic E-state index is 9.64. The van der Waals surface area contributed by atoms with Crippen molar-refractivity contribution in [3.05, 3.63) is 0 Å². The van der Waals surface area contributed by atoms with E-state index in [-0.39, 0.29) is 16.8 Å². The number of aliphatic carboxylic acids is 4. The standard InChI is InChI=1S/C3H2O5.C2H2O4.Co/c4-1(2(5)6)3(7)8;3-1(4)2(5)6;/h(H,5,6)(H,7,8);(H,3,4)(H,5,6);/q;;+2/p-2. The van der Waals surface area contributed by atoms with Gasteiger partial charge >= 0.3 is 34.5 Å². The van der Waals surface area contributed by atoms with Gasteiger partial charge in [-0.3, -0.25) is 4.79 Å². The Balaban J connectivity index is -0.000000187. The van der Waals surface area contributed by atoms with E-state index in [1.807, 2.05) is 0 Å². The van der Waals surface area contributed by atoms with Crippen LogP contribution >= 0.6 is 0 Å². The molecule has 0 aliphatic carbocycles. The summed E-state index contributed by atoms with van der Waals surface area (Å²) in [5, 5.41) is 33.1. The zero-order chi connectivity index (χ0) is 11.9. The summed E-state index contributed by atoms with van der Waals surface area (Å²) in [7, 11) is 0. The van der Waals surface area contributed by atoms with E-state index in [4.69, 9.17) is 30.0 Å². The number of carbonyl (C=O) groups is 5. The maximum atomic E-state index is 9.64. The maximum Gasteiger partial charge on any atom is 2.00 e. The first-order valence-corrected chi connectivity index (χ1v) is 2.63. The Morgan fingerprint density at radius 2 is 0.933 bits per heavy atom. The largest absolute Gasteiger partial charge is 2.00 e. The van der Waals surface area contributed by atoms with E-state index < -0.39 is 29.7 Å². The minimum atomic E-state index is -2.19. The van der Waals surface area contributed by atoms with E-state index in [0.29, 0.717) is 0 Å². The quantitative estimate of drug-likeness (QED) is 0.367. The summed E-state index contributed by atoms with van der Waals surface area (Å²) in [6.45, 7) is 0. The Bertz CT molecular complexity index is 265. The second-order valence-electron chi connectivity index (χ2n) is 1.51. The number of Topliss-reactive ketones (excluding diaryl/α,β-unsaturated/α-hetero) is 1. The van der Waals surface area contributed by atoms with Crippen LogP contribution in [0.25, 0.3) is 0 Å². The SMILES string of the molecule is O=C(O)C(=O)C(=O)O.O=C([O-])C(=O)[O-].[Co+2]. The molecule has 10 heteroatoms. The van der Waals surface area contributed by atoms with Gasteiger partial charge in [-0.05, 0) is 0 Å². The zero-order valence-corrected chi connectivity index (χ0v) is 7.63. The summed E-state index contributed by atoms with van der Waals surface area (Å²) >= 11 is 0. The fourth-order valence-corrected chi connectivity index (χ4v) is 0.0915. The average molecular weight is 265 g/mol. The minimum absolute atomic E-state index is 0. The number of hydrogen-bond acceptors (Lipinski definition) is 7. The summed E-state index contributed by atoms with van der Waals surface area (Å²) in [6, 6.07) is 0. The molecule has 1 radical (unpaired) electrons. The molecule has 0 atom stereocenters. The van der Waals surface area contributed by atoms with Crippen molar-refractivity contribution < 1.29 is 61.2 Å². The fraction of sp³-hybridized carbons (Fsp3) is 0. The van der Waals surface area contributed by atoms with E-state index in [0.717, 1.165) is 0 Å². The Hall–Kier alpha value is -1.94. The van der Waals surface area contributed by atoms with Gasteiger partial charge in [0.05, 0.1) is 11.9 Å². The average Bonchev–Trinajstić information content (AvgIpc) is 2.03. The Morgan fingerprint density at radius 1 is 0.733 bits per heavy atom. The Labute approximate surface area is 91.5 Å². The van der Waals surface area contributed by atoms with Gasteiger partial charge in [0.1, 0.15) is 0 Å². The molecule has 0 saturated carbocycles. The number of carboxylic acids is 4. The second kappa shape index (κ2) is 8.65. The molecule has 15 heavy (non-hydrogen) atoms. The Morgan fingerprint density at radius 3 is 0.933 bits per heavy atom. The molecule has 85 valence electrons. The first-order valence-electron chi connectivity index (χ1n) is 2.63. The summed E-state index contributed by atoms with van der Waals surface area (Å²) < 4.78 is 0. The van der Waals surface area contributed by atoms with Crippen LogP contribution < -0.4 is 10.2 Å². The first-order chi connectivity index (χ1) is 6.20. The third-order valence-corrected chi connectivity index (χ3v) is 0.555. The summed E-state index contributed by atoms with van der Waals surface area (Å²) in [5.74, 6) is -10.1. The van der Waals surface area contributed by atoms with E-state index in [1.54, 1.807) is 0 Å². The molecule has 9 nitrogen and oxygen atoms in total. The van der Waals surface area contributed by atoms with Crippen molar-refractivity contribution in [2.24, 2.45) is 0 Å². The van der Waals surface area contributed by atoms with Crippen LogP contribution in [0.15, 0.2) is 0 Å². The molecule has 2 N–H and O–H groups in total. The number of hydrogen-bond donors (Lipinski definition) is 2. The van der Waals surface area contributed by atoms with Gasteiger partial charge in [-0.1, -0.05) is 0 Å². The van der Waals surface area contributed by atoms with E-state index in [9.17, 15) is 14.4 Å². The topological polar surface area (TPSA) is 172 Å². The monoisotopic (exact) mass is 265 g/mol. The number of carbonyl (C=O) groups excluding carboxylic acids is 3. The van der Waals surface area contributed by atoms with Crippen LogP contribution in [0.2, 0.25) is 0 Å². The normalized spacial score (nSPS) is 7.20. The second-order valence-corrected chi connectivity index (χ2v) is 1.51. The molecule has 0 aromatic heterocycles. The van der Waals surface area contributed by atoms with Crippen molar-refractivity contribution in [2.45, 2.75) is 0 Å². The summed E-state index contributed by atoms with van der Waals surface area (Å²) in [5.41, 5.74) is 0. The molecule has 0 amide bonds. The zero-order valence-electron chi connectivity index (χ0n) is 6.59. The third kappa shape index (κ3) is 12.1. The summed E-state index contributed by atoms with van der Waals surface area (Å²) in [4.78, 5) is 46.3. The molecule has 0 aromatic carbocycles. The predicted octanol–water partition coefficient (Wildman–Crippen LogP) is -4.79. The smallest absolute Gasteiger partial charge is 0.543 e. The van der Waals surface area contributed by atoms with Crippen molar-refractivity contribution in [1.82, 2.24) is 0 Å². The molecular formula is C5H2CoO9. The van der Waals surface area contributed by atoms with Crippen LogP contribution in [0, 0.1) is 0 Å². The van der Waals surface area contributed by atoms with E-state index >= 15 is 0 Å². The van der Waals surface area contributed by atoms with Crippen LogP contribution in [-0.4, -0.2) is 39.9 Å². The number of ketones is 1. The van der Waals surface area contributed by atoms with Crippen molar-refractivity contribution in [3.63, 3.8) is 0 Å². The molecule has 0 aromatic rings. The Kier molecular flexibility index (Phi) is 10.8. The van der Waals surface area contributed by atoms with Gasteiger partial charge in [0.15, 0.2) is 0 Å². The van der Waals surface area contributed by atoms with E-state index in [2.05, 4.69) is 0 Å². The van der Waals surface area contributed by atoms with Crippen LogP contribution in [0.3, 0.4) is 0 Å². The molecule has 0 rings (SSSR count). The minimum Gasteiger partial charge on any atom is -0.543 e. The van der Waals surface area contributed by atoms with Crippen LogP contribution in [0.5, 0.6) is 0 Å². The fourth-order valence-electron chi connectivity index (χ4n) is 0.0915. The molecule has 0 bridgehead atoms. The molecule has 0 heterocycles. The van der Waals surface area contributed by atoms with Crippen LogP contribution in [0.1, 0.15) is 0 Å². The van der Waals surface area contributed by atoms with Gasteiger partial charge < -0.3 is 30.0 Å². The molecule has 0 spiro atoms. The van der Waals surface area contributed by atoms with Gasteiger partial charge in [-0.2, -0.15) is 0 Å². The van der Waals surface area contributed by atoms with Crippen molar-refractivity contribution in [3.8, 4) is 0 Å². The van der Waals surface area contributed by atoms with Gasteiger partial charge in [0, 0.05) is 0 Å². The molecule has 0 saturated heterocycles. The van der Waals surface area contributed by atoms with Crippen LogP contribution in [-0.2, 0) is 40.8 Å².